The molecule has 0 radical (unpaired) electrons. The number of hydrogen-bond acceptors (Lipinski definition) is 1. The summed E-state index contributed by atoms with van der Waals surface area (Å²) in [5.74, 6) is -1.66. The lowest BCUT2D eigenvalue weighted by Gasteiger charge is -2.12. The first kappa shape index (κ1) is 19.4. The molecule has 0 aromatic heterocycles. The third kappa shape index (κ3) is 5.29. The summed E-state index contributed by atoms with van der Waals surface area (Å²) < 4.78 is 33.5. The van der Waals surface area contributed by atoms with Crippen molar-refractivity contribution >= 4 is 0 Å². The minimum absolute atomic E-state index is 0.00215. The van der Waals surface area contributed by atoms with E-state index in [4.69, 9.17) is 4.74 Å². The standard InChI is InChI=1S/C22H28F2O/c1-4-6-7-8-17-9-11-18(12-10-17)13-14-19-16(3)15-20(25-5-2)22(24)21(19)23/h9-12,15H,4-8,13-14H2,1-3H3. The average molecular weight is 346 g/mol. The number of unbranched alkanes of at least 4 members (excludes halogenated alkanes) is 2. The van der Waals surface area contributed by atoms with Gasteiger partial charge >= 0.3 is 0 Å². The highest BCUT2D eigenvalue weighted by Crippen LogP contribution is 2.27. The lowest BCUT2D eigenvalue weighted by atomic mass is 9.98. The third-order valence-corrected chi connectivity index (χ3v) is 4.55. The summed E-state index contributed by atoms with van der Waals surface area (Å²) in [6.45, 7) is 6.08. The molecule has 0 heterocycles. The Morgan fingerprint density at radius 1 is 0.840 bits per heavy atom. The van der Waals surface area contributed by atoms with Crippen LogP contribution in [0.4, 0.5) is 8.78 Å². The molecule has 0 bridgehead atoms. The fraction of sp³-hybridized carbons (Fsp3) is 0.455. The van der Waals surface area contributed by atoms with Crippen LogP contribution < -0.4 is 4.74 Å². The maximum Gasteiger partial charge on any atom is 0.200 e. The SMILES string of the molecule is CCCCCc1ccc(CCc2c(C)cc(OCC)c(F)c2F)cc1. The van der Waals surface area contributed by atoms with Crippen LogP contribution in [0.2, 0.25) is 0 Å². The molecule has 2 aromatic rings. The Labute approximate surface area is 150 Å². The van der Waals surface area contributed by atoms with Gasteiger partial charge in [0.2, 0.25) is 5.82 Å². The molecule has 1 nitrogen and oxygen atoms in total. The van der Waals surface area contributed by atoms with Crippen LogP contribution >= 0.6 is 0 Å². The largest absolute Gasteiger partial charge is 0.491 e. The molecular weight excluding hydrogens is 318 g/mol. The summed E-state index contributed by atoms with van der Waals surface area (Å²) in [4.78, 5) is 0. The molecule has 0 atom stereocenters. The van der Waals surface area contributed by atoms with Crippen molar-refractivity contribution in [2.24, 2.45) is 0 Å². The zero-order chi connectivity index (χ0) is 18.2. The molecule has 0 saturated carbocycles. The normalized spacial score (nSPS) is 10.9. The molecule has 0 unspecified atom stereocenters. The van der Waals surface area contributed by atoms with E-state index in [9.17, 15) is 8.78 Å². The Morgan fingerprint density at radius 2 is 1.48 bits per heavy atom. The Hall–Kier alpha value is -1.90. The monoisotopic (exact) mass is 346 g/mol. The van der Waals surface area contributed by atoms with Crippen LogP contribution in [0.3, 0.4) is 0 Å². The summed E-state index contributed by atoms with van der Waals surface area (Å²) in [6.07, 6.45) is 5.97. The second-order valence-electron chi connectivity index (χ2n) is 6.50. The smallest absolute Gasteiger partial charge is 0.200 e. The molecule has 0 fully saturated rings. The first-order valence-corrected chi connectivity index (χ1v) is 9.24. The van der Waals surface area contributed by atoms with Gasteiger partial charge in [-0.15, -0.1) is 0 Å². The number of hydrogen-bond donors (Lipinski definition) is 0. The van der Waals surface area contributed by atoms with E-state index < -0.39 is 11.6 Å². The van der Waals surface area contributed by atoms with Gasteiger partial charge in [-0.25, -0.2) is 4.39 Å². The van der Waals surface area contributed by atoms with Crippen molar-refractivity contribution in [3.63, 3.8) is 0 Å². The number of rotatable bonds is 9. The van der Waals surface area contributed by atoms with Crippen LogP contribution in [-0.4, -0.2) is 6.61 Å². The average Bonchev–Trinajstić information content (AvgIpc) is 2.61. The maximum absolute atomic E-state index is 14.3. The molecule has 2 aromatic carbocycles. The van der Waals surface area contributed by atoms with E-state index in [1.807, 2.05) is 0 Å². The number of benzene rings is 2. The first-order chi connectivity index (χ1) is 12.1. The molecule has 25 heavy (non-hydrogen) atoms. The Bertz CT molecular complexity index is 677. The first-order valence-electron chi connectivity index (χ1n) is 9.24. The number of aryl methyl sites for hydroxylation is 3. The predicted molar refractivity (Wildman–Crippen MR) is 99.3 cm³/mol. The van der Waals surface area contributed by atoms with Crippen molar-refractivity contribution in [1.29, 1.82) is 0 Å². The molecule has 3 heteroatoms. The maximum atomic E-state index is 14.3. The van der Waals surface area contributed by atoms with Gasteiger partial charge in [0.05, 0.1) is 6.61 Å². The van der Waals surface area contributed by atoms with Crippen LogP contribution in [0.5, 0.6) is 5.75 Å². The lowest BCUT2D eigenvalue weighted by Crippen LogP contribution is -2.04. The second kappa shape index (κ2) is 9.55. The number of ether oxygens (including phenoxy) is 1. The van der Waals surface area contributed by atoms with Crippen molar-refractivity contribution in [2.45, 2.75) is 59.3 Å². The highest BCUT2D eigenvalue weighted by Gasteiger charge is 2.17. The summed E-state index contributed by atoms with van der Waals surface area (Å²) in [5.41, 5.74) is 3.66. The van der Waals surface area contributed by atoms with Gasteiger partial charge < -0.3 is 4.74 Å². The molecular formula is C22H28F2O. The fourth-order valence-corrected chi connectivity index (χ4v) is 3.05. The van der Waals surface area contributed by atoms with Crippen molar-refractivity contribution in [2.75, 3.05) is 6.61 Å². The zero-order valence-electron chi connectivity index (χ0n) is 15.5. The van der Waals surface area contributed by atoms with Crippen molar-refractivity contribution < 1.29 is 13.5 Å². The van der Waals surface area contributed by atoms with Crippen LogP contribution in [-0.2, 0) is 19.3 Å². The highest BCUT2D eigenvalue weighted by atomic mass is 19.2. The highest BCUT2D eigenvalue weighted by molar-refractivity contribution is 5.38. The minimum Gasteiger partial charge on any atom is -0.491 e. The van der Waals surface area contributed by atoms with E-state index in [0.717, 1.165) is 17.5 Å². The topological polar surface area (TPSA) is 9.23 Å². The minimum atomic E-state index is -0.881. The van der Waals surface area contributed by atoms with Crippen molar-refractivity contribution in [1.82, 2.24) is 0 Å². The van der Waals surface area contributed by atoms with Gasteiger partial charge in [0.1, 0.15) is 0 Å². The molecule has 0 aliphatic heterocycles. The van der Waals surface area contributed by atoms with Crippen LogP contribution in [0.25, 0.3) is 0 Å². The lowest BCUT2D eigenvalue weighted by molar-refractivity contribution is 0.313. The van der Waals surface area contributed by atoms with Gasteiger partial charge in [0, 0.05) is 0 Å². The molecule has 0 spiro atoms. The Morgan fingerprint density at radius 3 is 2.08 bits per heavy atom. The van der Waals surface area contributed by atoms with E-state index >= 15 is 0 Å². The third-order valence-electron chi connectivity index (χ3n) is 4.55. The summed E-state index contributed by atoms with van der Waals surface area (Å²) >= 11 is 0. The fourth-order valence-electron chi connectivity index (χ4n) is 3.05. The van der Waals surface area contributed by atoms with Crippen LogP contribution in [0.1, 0.15) is 55.4 Å². The molecule has 136 valence electrons. The van der Waals surface area contributed by atoms with Gasteiger partial charge in [-0.2, -0.15) is 4.39 Å². The molecule has 0 amide bonds. The summed E-state index contributed by atoms with van der Waals surface area (Å²) in [6, 6.07) is 10.1. The second-order valence-corrected chi connectivity index (χ2v) is 6.50. The van der Waals surface area contributed by atoms with Gasteiger partial charge in [-0.05, 0) is 67.9 Å². The molecule has 0 aliphatic rings. The van der Waals surface area contributed by atoms with Crippen LogP contribution in [0, 0.1) is 18.6 Å². The summed E-state index contributed by atoms with van der Waals surface area (Å²) in [7, 11) is 0. The van der Waals surface area contributed by atoms with Gasteiger partial charge in [0.15, 0.2) is 11.6 Å². The van der Waals surface area contributed by atoms with E-state index in [1.54, 1.807) is 19.9 Å². The molecule has 0 N–H and O–H groups in total. The molecule has 2 rings (SSSR count). The van der Waals surface area contributed by atoms with E-state index in [-0.39, 0.29) is 5.75 Å². The molecule has 0 aliphatic carbocycles. The van der Waals surface area contributed by atoms with Crippen molar-refractivity contribution in [3.05, 3.63) is 64.2 Å². The predicted octanol–water partition coefficient (Wildman–Crippen LogP) is 6.19. The Balaban J connectivity index is 2.02. The van der Waals surface area contributed by atoms with Crippen molar-refractivity contribution in [3.8, 4) is 5.75 Å². The molecule has 0 saturated heterocycles. The summed E-state index contributed by atoms with van der Waals surface area (Å²) in [5, 5.41) is 0. The van der Waals surface area contributed by atoms with Crippen LogP contribution in [0.15, 0.2) is 30.3 Å². The Kier molecular flexibility index (Phi) is 7.42. The van der Waals surface area contributed by atoms with Gasteiger partial charge in [-0.1, -0.05) is 44.0 Å². The van der Waals surface area contributed by atoms with Gasteiger partial charge in [0.25, 0.3) is 0 Å². The van der Waals surface area contributed by atoms with Gasteiger partial charge in [-0.3, -0.25) is 0 Å². The van der Waals surface area contributed by atoms with E-state index in [0.29, 0.717) is 25.0 Å². The zero-order valence-corrected chi connectivity index (χ0v) is 15.5. The number of halogens is 2. The van der Waals surface area contributed by atoms with E-state index in [1.165, 1.54) is 24.8 Å². The quantitative estimate of drug-likeness (QED) is 0.492. The van der Waals surface area contributed by atoms with E-state index in [2.05, 4.69) is 31.2 Å².